The fraction of sp³-hybridized carbons (Fsp3) is 0.395. The van der Waals surface area contributed by atoms with Crippen LogP contribution in [0, 0.1) is 17.8 Å². The second kappa shape index (κ2) is 12.9. The van der Waals surface area contributed by atoms with Gasteiger partial charge in [0.1, 0.15) is 11.6 Å². The maximum absolute atomic E-state index is 15.0. The topological polar surface area (TPSA) is 90.4 Å². The molecule has 3 aliphatic heterocycles. The van der Waals surface area contributed by atoms with E-state index in [-0.39, 0.29) is 43.3 Å². The molecule has 3 amide bonds. The molecule has 6 rings (SSSR count). The summed E-state index contributed by atoms with van der Waals surface area (Å²) in [5, 5.41) is 12.7. The number of amides is 3. The Kier molecular flexibility index (Phi) is 8.86. The lowest BCUT2D eigenvalue weighted by molar-refractivity contribution is -0.144. The van der Waals surface area contributed by atoms with Gasteiger partial charge in [-0.2, -0.15) is 0 Å². The average molecular weight is 622 g/mol. The van der Waals surface area contributed by atoms with Crippen LogP contribution in [0.1, 0.15) is 33.1 Å². The lowest BCUT2D eigenvalue weighted by Crippen LogP contribution is -2.59. The summed E-state index contributed by atoms with van der Waals surface area (Å²) in [5.74, 6) is -2.29. The van der Waals surface area contributed by atoms with E-state index in [9.17, 15) is 14.7 Å². The number of hydrogen-bond acceptors (Lipinski definition) is 5. The molecule has 46 heavy (non-hydrogen) atoms. The minimum Gasteiger partial charge on any atom is -0.394 e. The number of hydrogen-bond donors (Lipinski definition) is 1. The molecule has 3 aromatic carbocycles. The highest BCUT2D eigenvalue weighted by Crippen LogP contribution is 2.59. The van der Waals surface area contributed by atoms with Crippen LogP contribution in [0.25, 0.3) is 10.8 Å². The Balaban J connectivity index is 1.44. The maximum atomic E-state index is 15.0. The predicted octanol–water partition coefficient (Wildman–Crippen LogP) is 5.36. The van der Waals surface area contributed by atoms with Crippen molar-refractivity contribution >= 4 is 39.9 Å². The lowest BCUT2D eigenvalue weighted by Gasteiger charge is -2.39. The van der Waals surface area contributed by atoms with Crippen molar-refractivity contribution in [2.45, 2.75) is 56.9 Å². The summed E-state index contributed by atoms with van der Waals surface area (Å²) in [5.41, 5.74) is 0.193. The molecule has 8 nitrogen and oxygen atoms in total. The molecule has 1 N–H and O–H groups in total. The maximum Gasteiger partial charge on any atom is 0.253 e. The van der Waals surface area contributed by atoms with Crippen molar-refractivity contribution in [3.05, 3.63) is 98.1 Å². The van der Waals surface area contributed by atoms with E-state index in [1.807, 2.05) is 86.6 Å². The summed E-state index contributed by atoms with van der Waals surface area (Å²) in [6.07, 6.45) is 4.37. The first-order valence-electron chi connectivity index (χ1n) is 16.2. The number of aliphatic hydroxyl groups excluding tert-OH is 1. The first-order valence-corrected chi connectivity index (χ1v) is 16.2. The molecule has 6 atom stereocenters. The van der Waals surface area contributed by atoms with Crippen LogP contribution in [0.5, 0.6) is 0 Å². The molecule has 2 bridgehead atoms. The third-order valence-electron chi connectivity index (χ3n) is 9.87. The van der Waals surface area contributed by atoms with Crippen LogP contribution in [0.3, 0.4) is 0 Å². The molecule has 1 spiro atoms. The van der Waals surface area contributed by atoms with E-state index in [2.05, 4.69) is 13.2 Å². The lowest BCUT2D eigenvalue weighted by atomic mass is 9.70. The van der Waals surface area contributed by atoms with Crippen molar-refractivity contribution in [3.63, 3.8) is 0 Å². The smallest absolute Gasteiger partial charge is 0.253 e. The number of carbonyl (C=O) groups is 3. The fourth-order valence-electron chi connectivity index (χ4n) is 8.05. The van der Waals surface area contributed by atoms with E-state index in [4.69, 9.17) is 4.74 Å². The van der Waals surface area contributed by atoms with Crippen LogP contribution in [0.15, 0.2) is 98.1 Å². The molecular formula is C38H43N3O5. The van der Waals surface area contributed by atoms with Crippen LogP contribution in [-0.4, -0.2) is 71.2 Å². The molecule has 3 saturated heterocycles. The van der Waals surface area contributed by atoms with Crippen LogP contribution < -0.4 is 9.80 Å². The second-order valence-electron chi connectivity index (χ2n) is 13.1. The van der Waals surface area contributed by atoms with Crippen molar-refractivity contribution in [2.24, 2.45) is 17.8 Å². The van der Waals surface area contributed by atoms with Gasteiger partial charge in [-0.25, -0.2) is 0 Å². The number of ether oxygens (including phenoxy) is 1. The van der Waals surface area contributed by atoms with Crippen molar-refractivity contribution in [1.82, 2.24) is 4.90 Å². The third kappa shape index (κ3) is 5.23. The van der Waals surface area contributed by atoms with Crippen LogP contribution in [0.4, 0.5) is 11.4 Å². The molecule has 0 saturated carbocycles. The molecule has 3 aromatic rings. The Morgan fingerprint density at radius 2 is 1.61 bits per heavy atom. The SMILES string of the molecule is C=CCN(C(=O)C1N([C@@H](CO)CC(C)C)C(=O)[C@@H]2[C@H](C(=O)N(CC=C)c3ccccc3)[C@@H]3CCC12O3)c1ccc2ccccc2c1. The monoisotopic (exact) mass is 621 g/mol. The zero-order valence-corrected chi connectivity index (χ0v) is 26.6. The Morgan fingerprint density at radius 1 is 0.957 bits per heavy atom. The second-order valence-corrected chi connectivity index (χ2v) is 13.1. The summed E-state index contributed by atoms with van der Waals surface area (Å²) in [4.78, 5) is 49.1. The van der Waals surface area contributed by atoms with E-state index >= 15 is 4.79 Å². The van der Waals surface area contributed by atoms with Gasteiger partial charge in [0.15, 0.2) is 0 Å². The number of anilines is 2. The largest absolute Gasteiger partial charge is 0.394 e. The van der Waals surface area contributed by atoms with Gasteiger partial charge in [0.05, 0.1) is 30.6 Å². The summed E-state index contributed by atoms with van der Waals surface area (Å²) in [6.45, 7) is 12.0. The van der Waals surface area contributed by atoms with E-state index in [0.717, 1.165) is 10.8 Å². The highest BCUT2D eigenvalue weighted by atomic mass is 16.5. The summed E-state index contributed by atoms with van der Waals surface area (Å²) < 4.78 is 6.76. The number of benzene rings is 3. The molecule has 0 aliphatic carbocycles. The highest BCUT2D eigenvalue weighted by Gasteiger charge is 2.75. The standard InChI is InChI=1S/C38H43N3O5/c1-5-20-39(28-14-8-7-9-15-28)35(43)32-31-18-19-38(46-31)33(32)36(44)41(30(24-42)22-25(3)4)34(38)37(45)40(21-6-2)29-17-16-26-12-10-11-13-27(26)23-29/h5-17,23,25,30-34,42H,1-2,18-22,24H2,3-4H3/t30-,31+,32-,33+,34?,38?/m1/s1. The fourth-order valence-corrected chi connectivity index (χ4v) is 8.05. The zero-order valence-electron chi connectivity index (χ0n) is 26.6. The molecule has 2 unspecified atom stereocenters. The van der Waals surface area contributed by atoms with E-state index in [0.29, 0.717) is 30.6 Å². The van der Waals surface area contributed by atoms with Gasteiger partial charge in [0, 0.05) is 24.5 Å². The van der Waals surface area contributed by atoms with Crippen LogP contribution >= 0.6 is 0 Å². The van der Waals surface area contributed by atoms with Crippen LogP contribution in [-0.2, 0) is 19.1 Å². The first-order chi connectivity index (χ1) is 22.2. The molecule has 3 fully saturated rings. The summed E-state index contributed by atoms with van der Waals surface area (Å²) in [7, 11) is 0. The normalized spacial score (nSPS) is 25.5. The van der Waals surface area contributed by atoms with E-state index in [1.165, 1.54) is 0 Å². The number of likely N-dealkylation sites (tertiary alicyclic amines) is 1. The summed E-state index contributed by atoms with van der Waals surface area (Å²) >= 11 is 0. The number of fused-ring (bicyclic) bond motifs is 2. The van der Waals surface area contributed by atoms with Gasteiger partial charge >= 0.3 is 0 Å². The van der Waals surface area contributed by atoms with Crippen molar-refractivity contribution in [3.8, 4) is 0 Å². The van der Waals surface area contributed by atoms with Crippen molar-refractivity contribution < 1.29 is 24.2 Å². The third-order valence-corrected chi connectivity index (χ3v) is 9.87. The van der Waals surface area contributed by atoms with Crippen molar-refractivity contribution in [2.75, 3.05) is 29.5 Å². The quantitative estimate of drug-likeness (QED) is 0.275. The van der Waals surface area contributed by atoms with Crippen LogP contribution in [0.2, 0.25) is 0 Å². The molecule has 240 valence electrons. The van der Waals surface area contributed by atoms with Gasteiger partial charge in [0.25, 0.3) is 5.91 Å². The molecular weight excluding hydrogens is 578 g/mol. The number of para-hydroxylation sites is 1. The number of carbonyl (C=O) groups excluding carboxylic acids is 3. The average Bonchev–Trinajstić information content (AvgIpc) is 3.72. The minimum atomic E-state index is -1.20. The van der Waals surface area contributed by atoms with Gasteiger partial charge in [-0.05, 0) is 60.2 Å². The molecule has 0 aromatic heterocycles. The van der Waals surface area contributed by atoms with Gasteiger partial charge < -0.3 is 24.5 Å². The van der Waals surface area contributed by atoms with E-state index in [1.54, 1.807) is 26.9 Å². The number of rotatable bonds is 12. The number of nitrogens with zero attached hydrogens (tertiary/aromatic N) is 3. The zero-order chi connectivity index (χ0) is 32.6. The van der Waals surface area contributed by atoms with Gasteiger partial charge in [-0.3, -0.25) is 14.4 Å². The van der Waals surface area contributed by atoms with E-state index < -0.39 is 35.6 Å². The Hall–Kier alpha value is -4.27. The molecule has 8 heteroatoms. The molecule has 0 radical (unpaired) electrons. The van der Waals surface area contributed by atoms with Gasteiger partial charge in [-0.15, -0.1) is 13.2 Å². The van der Waals surface area contributed by atoms with Crippen molar-refractivity contribution in [1.29, 1.82) is 0 Å². The Morgan fingerprint density at radius 3 is 2.26 bits per heavy atom. The summed E-state index contributed by atoms with van der Waals surface area (Å²) in [6, 6.07) is 21.5. The number of aliphatic hydroxyl groups is 1. The minimum absolute atomic E-state index is 0.152. The van der Waals surface area contributed by atoms with Gasteiger partial charge in [-0.1, -0.05) is 74.5 Å². The Labute approximate surface area is 270 Å². The molecule has 3 heterocycles. The predicted molar refractivity (Wildman–Crippen MR) is 180 cm³/mol. The Bertz CT molecular complexity index is 1640. The highest BCUT2D eigenvalue weighted by molar-refractivity contribution is 6.07. The first kappa shape index (κ1) is 31.7. The molecule has 3 aliphatic rings. The van der Waals surface area contributed by atoms with Gasteiger partial charge in [0.2, 0.25) is 11.8 Å².